The van der Waals surface area contributed by atoms with Gasteiger partial charge in [0.05, 0.1) is 12.5 Å². The molecule has 0 aliphatic heterocycles. The summed E-state index contributed by atoms with van der Waals surface area (Å²) in [7, 11) is 0. The number of carbonyl (C=O) groups is 1. The number of aliphatic carboxylic acids is 1. The normalized spacial score (nSPS) is 12.8. The van der Waals surface area contributed by atoms with Crippen LogP contribution in [0.15, 0.2) is 0 Å². The zero-order valence-corrected chi connectivity index (χ0v) is 7.88. The topological polar surface area (TPSA) is 46.5 Å². The summed E-state index contributed by atoms with van der Waals surface area (Å²) in [6.07, 6.45) is 2.80. The predicted molar refractivity (Wildman–Crippen MR) is 47.2 cm³/mol. The average Bonchev–Trinajstić information content (AvgIpc) is 2.00. The molecule has 0 aliphatic carbocycles. The molecule has 0 spiro atoms. The van der Waals surface area contributed by atoms with Crippen LogP contribution in [0.3, 0.4) is 0 Å². The van der Waals surface area contributed by atoms with E-state index in [1.54, 1.807) is 0 Å². The molecule has 0 saturated heterocycles. The fourth-order valence-corrected chi connectivity index (χ4v) is 1.05. The van der Waals surface area contributed by atoms with Crippen molar-refractivity contribution in [3.63, 3.8) is 0 Å². The molecule has 0 aromatic heterocycles. The third kappa shape index (κ3) is 6.16. The molecule has 0 radical (unpaired) electrons. The SMILES string of the molecule is CCCOC(CCC)CC(=O)O. The zero-order valence-electron chi connectivity index (χ0n) is 7.88. The van der Waals surface area contributed by atoms with E-state index in [-0.39, 0.29) is 12.5 Å². The molecule has 3 heteroatoms. The van der Waals surface area contributed by atoms with Crippen molar-refractivity contribution in [2.24, 2.45) is 0 Å². The molecule has 3 nitrogen and oxygen atoms in total. The van der Waals surface area contributed by atoms with Crippen molar-refractivity contribution in [1.29, 1.82) is 0 Å². The van der Waals surface area contributed by atoms with Crippen molar-refractivity contribution < 1.29 is 14.6 Å². The van der Waals surface area contributed by atoms with E-state index in [0.717, 1.165) is 19.3 Å². The number of hydrogen-bond acceptors (Lipinski definition) is 2. The van der Waals surface area contributed by atoms with E-state index >= 15 is 0 Å². The summed E-state index contributed by atoms with van der Waals surface area (Å²) in [6.45, 7) is 4.71. The maximum atomic E-state index is 10.4. The molecule has 0 aromatic carbocycles. The van der Waals surface area contributed by atoms with E-state index in [0.29, 0.717) is 6.61 Å². The van der Waals surface area contributed by atoms with Crippen LogP contribution in [0.25, 0.3) is 0 Å². The Labute approximate surface area is 73.7 Å². The first kappa shape index (κ1) is 11.4. The molecular formula is C9H18O3. The molecule has 0 amide bonds. The van der Waals surface area contributed by atoms with Crippen LogP contribution >= 0.6 is 0 Å². The van der Waals surface area contributed by atoms with E-state index < -0.39 is 5.97 Å². The van der Waals surface area contributed by atoms with Gasteiger partial charge in [0.1, 0.15) is 0 Å². The van der Waals surface area contributed by atoms with Gasteiger partial charge in [0.2, 0.25) is 0 Å². The van der Waals surface area contributed by atoms with Crippen LogP contribution in [0.2, 0.25) is 0 Å². The fourth-order valence-electron chi connectivity index (χ4n) is 1.05. The maximum absolute atomic E-state index is 10.4. The van der Waals surface area contributed by atoms with Gasteiger partial charge in [-0.3, -0.25) is 4.79 Å². The number of carboxylic acids is 1. The second-order valence-corrected chi connectivity index (χ2v) is 2.88. The van der Waals surface area contributed by atoms with Crippen molar-refractivity contribution in [3.8, 4) is 0 Å². The summed E-state index contributed by atoms with van der Waals surface area (Å²) in [5.74, 6) is -0.774. The summed E-state index contributed by atoms with van der Waals surface area (Å²) >= 11 is 0. The summed E-state index contributed by atoms with van der Waals surface area (Å²) in [5.41, 5.74) is 0. The highest BCUT2D eigenvalue weighted by atomic mass is 16.5. The molecule has 0 aliphatic rings. The molecule has 0 heterocycles. The lowest BCUT2D eigenvalue weighted by molar-refractivity contribution is -0.140. The Bertz CT molecular complexity index is 123. The van der Waals surface area contributed by atoms with Crippen LogP contribution in [0.1, 0.15) is 39.5 Å². The highest BCUT2D eigenvalue weighted by Gasteiger charge is 2.11. The maximum Gasteiger partial charge on any atom is 0.305 e. The zero-order chi connectivity index (χ0) is 9.40. The first-order valence-corrected chi connectivity index (χ1v) is 4.54. The molecule has 1 N–H and O–H groups in total. The third-order valence-corrected chi connectivity index (χ3v) is 1.57. The van der Waals surface area contributed by atoms with Crippen LogP contribution in [-0.4, -0.2) is 23.8 Å². The molecule has 0 aromatic rings. The molecule has 1 atom stereocenters. The lowest BCUT2D eigenvalue weighted by Crippen LogP contribution is -2.17. The second-order valence-electron chi connectivity index (χ2n) is 2.88. The standard InChI is InChI=1S/C9H18O3/c1-3-5-8(7-9(10)11)12-6-4-2/h8H,3-7H2,1-2H3,(H,10,11). The van der Waals surface area contributed by atoms with Crippen molar-refractivity contribution in [2.45, 2.75) is 45.6 Å². The van der Waals surface area contributed by atoms with Gasteiger partial charge in [0.15, 0.2) is 0 Å². The van der Waals surface area contributed by atoms with Crippen LogP contribution in [-0.2, 0) is 9.53 Å². The molecule has 0 saturated carbocycles. The van der Waals surface area contributed by atoms with Gasteiger partial charge in [-0.2, -0.15) is 0 Å². The third-order valence-electron chi connectivity index (χ3n) is 1.57. The average molecular weight is 174 g/mol. The molecule has 1 unspecified atom stereocenters. The van der Waals surface area contributed by atoms with Gasteiger partial charge >= 0.3 is 5.97 Å². The summed E-state index contributed by atoms with van der Waals surface area (Å²) in [4.78, 5) is 10.4. The smallest absolute Gasteiger partial charge is 0.305 e. The van der Waals surface area contributed by atoms with E-state index in [2.05, 4.69) is 0 Å². The van der Waals surface area contributed by atoms with E-state index in [4.69, 9.17) is 9.84 Å². The highest BCUT2D eigenvalue weighted by molar-refractivity contribution is 5.67. The fraction of sp³-hybridized carbons (Fsp3) is 0.889. The Kier molecular flexibility index (Phi) is 6.76. The Morgan fingerprint density at radius 3 is 2.50 bits per heavy atom. The molecule has 12 heavy (non-hydrogen) atoms. The van der Waals surface area contributed by atoms with Crippen LogP contribution in [0.5, 0.6) is 0 Å². The molecular weight excluding hydrogens is 156 g/mol. The second kappa shape index (κ2) is 7.10. The Morgan fingerprint density at radius 1 is 1.42 bits per heavy atom. The lowest BCUT2D eigenvalue weighted by Gasteiger charge is -2.13. The Balaban J connectivity index is 3.61. The number of hydrogen-bond donors (Lipinski definition) is 1. The van der Waals surface area contributed by atoms with Gasteiger partial charge in [-0.15, -0.1) is 0 Å². The van der Waals surface area contributed by atoms with Crippen LogP contribution in [0.4, 0.5) is 0 Å². The largest absolute Gasteiger partial charge is 0.481 e. The minimum atomic E-state index is -0.774. The van der Waals surface area contributed by atoms with Gasteiger partial charge in [-0.25, -0.2) is 0 Å². The number of ether oxygens (including phenoxy) is 1. The molecule has 0 bridgehead atoms. The molecule has 0 fully saturated rings. The predicted octanol–water partition coefficient (Wildman–Crippen LogP) is 2.06. The van der Waals surface area contributed by atoms with Gasteiger partial charge in [0.25, 0.3) is 0 Å². The van der Waals surface area contributed by atoms with Crippen LogP contribution in [0, 0.1) is 0 Å². The summed E-state index contributed by atoms with van der Waals surface area (Å²) in [6, 6.07) is 0. The van der Waals surface area contributed by atoms with Gasteiger partial charge in [0, 0.05) is 6.61 Å². The van der Waals surface area contributed by atoms with Crippen molar-refractivity contribution >= 4 is 5.97 Å². The first-order chi connectivity index (χ1) is 5.70. The Hall–Kier alpha value is -0.570. The van der Waals surface area contributed by atoms with Gasteiger partial charge in [-0.05, 0) is 12.8 Å². The summed E-state index contributed by atoms with van der Waals surface area (Å²) in [5, 5.41) is 8.53. The highest BCUT2D eigenvalue weighted by Crippen LogP contribution is 2.07. The number of rotatable bonds is 7. The van der Waals surface area contributed by atoms with E-state index in [1.165, 1.54) is 0 Å². The summed E-state index contributed by atoms with van der Waals surface area (Å²) < 4.78 is 5.36. The first-order valence-electron chi connectivity index (χ1n) is 4.54. The quantitative estimate of drug-likeness (QED) is 0.642. The minimum absolute atomic E-state index is 0.0903. The monoisotopic (exact) mass is 174 g/mol. The van der Waals surface area contributed by atoms with Crippen molar-refractivity contribution in [3.05, 3.63) is 0 Å². The lowest BCUT2D eigenvalue weighted by atomic mass is 10.1. The Morgan fingerprint density at radius 2 is 2.08 bits per heavy atom. The molecule has 0 rings (SSSR count). The van der Waals surface area contributed by atoms with Crippen molar-refractivity contribution in [2.75, 3.05) is 6.61 Å². The minimum Gasteiger partial charge on any atom is -0.481 e. The van der Waals surface area contributed by atoms with Crippen molar-refractivity contribution in [1.82, 2.24) is 0 Å². The van der Waals surface area contributed by atoms with Gasteiger partial charge in [-0.1, -0.05) is 20.3 Å². The molecule has 72 valence electrons. The van der Waals surface area contributed by atoms with E-state index in [9.17, 15) is 4.79 Å². The number of carboxylic acid groups (broad SMARTS) is 1. The van der Waals surface area contributed by atoms with E-state index in [1.807, 2.05) is 13.8 Å². The van der Waals surface area contributed by atoms with Crippen LogP contribution < -0.4 is 0 Å². The van der Waals surface area contributed by atoms with Gasteiger partial charge < -0.3 is 9.84 Å².